The third-order valence-electron chi connectivity index (χ3n) is 3.43. The zero-order valence-corrected chi connectivity index (χ0v) is 13.9. The van der Waals surface area contributed by atoms with Gasteiger partial charge in [0.15, 0.2) is 0 Å². The number of hydrogen-bond acceptors (Lipinski definition) is 4. The fraction of sp³-hybridized carbons (Fsp3) is 0.600. The molecular weight excluding hydrogens is 290 g/mol. The summed E-state index contributed by atoms with van der Waals surface area (Å²) in [5, 5.41) is 14.7. The second-order valence-corrected chi connectivity index (χ2v) is 6.07. The van der Waals surface area contributed by atoms with Gasteiger partial charge in [0.05, 0.1) is 4.92 Å². The van der Waals surface area contributed by atoms with Crippen LogP contribution in [0.4, 0.5) is 5.69 Å². The van der Waals surface area contributed by atoms with Gasteiger partial charge < -0.3 is 5.32 Å². The van der Waals surface area contributed by atoms with E-state index >= 15 is 0 Å². The third kappa shape index (κ3) is 5.61. The van der Waals surface area contributed by atoms with E-state index in [1.54, 1.807) is 12.1 Å². The maximum Gasteiger partial charge on any atom is 0.275 e. The molecule has 1 aromatic rings. The van der Waals surface area contributed by atoms with Gasteiger partial charge in [-0.25, -0.2) is 0 Å². The van der Waals surface area contributed by atoms with E-state index < -0.39 is 4.92 Å². The Hall–Kier alpha value is -1.17. The molecule has 0 saturated carbocycles. The quantitative estimate of drug-likeness (QED) is 0.453. The summed E-state index contributed by atoms with van der Waals surface area (Å²) in [6, 6.07) is 5.75. The molecule has 0 bridgehead atoms. The molecule has 0 amide bonds. The Labute approximate surface area is 131 Å². The summed E-state index contributed by atoms with van der Waals surface area (Å²) in [4.78, 5) is 13.0. The molecule has 1 aromatic carbocycles. The Bertz CT molecular complexity index is 470. The van der Waals surface area contributed by atoms with Crippen molar-refractivity contribution in [1.29, 1.82) is 0 Å². The van der Waals surface area contributed by atoms with Gasteiger partial charge in [-0.3, -0.25) is 15.0 Å². The first-order valence-electron chi connectivity index (χ1n) is 7.22. The van der Waals surface area contributed by atoms with Crippen molar-refractivity contribution in [2.45, 2.75) is 46.3 Å². The largest absolute Gasteiger partial charge is 0.311 e. The molecule has 118 valence electrons. The van der Waals surface area contributed by atoms with Crippen LogP contribution >= 0.6 is 11.6 Å². The second-order valence-electron chi connectivity index (χ2n) is 5.63. The minimum atomic E-state index is -0.391. The van der Waals surface area contributed by atoms with Crippen LogP contribution in [-0.2, 0) is 6.54 Å². The summed E-state index contributed by atoms with van der Waals surface area (Å²) in [7, 11) is 0. The number of halogens is 1. The average Bonchev–Trinajstić information content (AvgIpc) is 2.38. The third-order valence-corrected chi connectivity index (χ3v) is 3.67. The van der Waals surface area contributed by atoms with E-state index in [0.29, 0.717) is 29.2 Å². The highest BCUT2D eigenvalue weighted by atomic mass is 35.5. The van der Waals surface area contributed by atoms with Gasteiger partial charge in [-0.1, -0.05) is 11.6 Å². The topological polar surface area (TPSA) is 58.4 Å². The van der Waals surface area contributed by atoms with Crippen LogP contribution < -0.4 is 5.32 Å². The van der Waals surface area contributed by atoms with Crippen molar-refractivity contribution in [2.75, 3.05) is 13.1 Å². The predicted octanol–water partition coefficient (Wildman–Crippen LogP) is 3.46. The molecule has 1 rings (SSSR count). The summed E-state index contributed by atoms with van der Waals surface area (Å²) in [5.41, 5.74) is 0.726. The van der Waals surface area contributed by atoms with E-state index in [1.807, 2.05) is 0 Å². The first-order valence-corrected chi connectivity index (χ1v) is 7.60. The lowest BCUT2D eigenvalue weighted by molar-refractivity contribution is -0.385. The Morgan fingerprint density at radius 1 is 1.29 bits per heavy atom. The van der Waals surface area contributed by atoms with Crippen LogP contribution in [0, 0.1) is 10.1 Å². The molecule has 5 nitrogen and oxygen atoms in total. The minimum Gasteiger partial charge on any atom is -0.311 e. The van der Waals surface area contributed by atoms with Gasteiger partial charge in [-0.15, -0.1) is 0 Å². The van der Waals surface area contributed by atoms with E-state index in [0.717, 1.165) is 13.1 Å². The maximum atomic E-state index is 11.0. The molecule has 0 saturated heterocycles. The zero-order chi connectivity index (χ0) is 16.0. The van der Waals surface area contributed by atoms with Crippen LogP contribution in [0.25, 0.3) is 0 Å². The first kappa shape index (κ1) is 17.9. The molecule has 0 aromatic heterocycles. The van der Waals surface area contributed by atoms with Gasteiger partial charge in [0.1, 0.15) is 0 Å². The van der Waals surface area contributed by atoms with Crippen LogP contribution in [0.3, 0.4) is 0 Å². The zero-order valence-electron chi connectivity index (χ0n) is 13.1. The van der Waals surface area contributed by atoms with E-state index in [-0.39, 0.29) is 5.69 Å². The Balaban J connectivity index is 2.55. The molecule has 0 aliphatic carbocycles. The molecule has 21 heavy (non-hydrogen) atoms. The molecule has 0 aliphatic rings. The molecule has 0 aliphatic heterocycles. The number of nitro benzene ring substituents is 1. The van der Waals surface area contributed by atoms with Crippen LogP contribution in [0.15, 0.2) is 18.2 Å². The molecule has 1 N–H and O–H groups in total. The smallest absolute Gasteiger partial charge is 0.275 e. The van der Waals surface area contributed by atoms with E-state index in [9.17, 15) is 10.1 Å². The summed E-state index contributed by atoms with van der Waals surface area (Å²) in [6.07, 6.45) is 0. The molecule has 0 atom stereocenters. The lowest BCUT2D eigenvalue weighted by Gasteiger charge is -2.30. The standard InChI is InChI=1S/C15H24ClN3O2/c1-11(2)18(12(3)4)8-7-17-10-13-5-6-14(16)9-15(13)19(20)21/h5-6,9,11-12,17H,7-8,10H2,1-4H3. The molecule has 0 spiro atoms. The van der Waals surface area contributed by atoms with Gasteiger partial charge in [0.25, 0.3) is 5.69 Å². The summed E-state index contributed by atoms with van der Waals surface area (Å²) < 4.78 is 0. The van der Waals surface area contributed by atoms with Crippen molar-refractivity contribution in [3.8, 4) is 0 Å². The number of rotatable bonds is 8. The molecular formula is C15H24ClN3O2. The Kier molecular flexibility index (Phi) is 7.08. The summed E-state index contributed by atoms with van der Waals surface area (Å²) in [5.74, 6) is 0. The maximum absolute atomic E-state index is 11.0. The van der Waals surface area contributed by atoms with Crippen molar-refractivity contribution in [3.05, 3.63) is 38.9 Å². The van der Waals surface area contributed by atoms with E-state index in [2.05, 4.69) is 37.9 Å². The summed E-state index contributed by atoms with van der Waals surface area (Å²) >= 11 is 5.80. The van der Waals surface area contributed by atoms with Crippen molar-refractivity contribution in [1.82, 2.24) is 10.2 Å². The Morgan fingerprint density at radius 3 is 2.43 bits per heavy atom. The number of nitro groups is 1. The van der Waals surface area contributed by atoms with Gasteiger partial charge in [-0.05, 0) is 39.8 Å². The highest BCUT2D eigenvalue weighted by molar-refractivity contribution is 6.30. The van der Waals surface area contributed by atoms with Crippen molar-refractivity contribution < 1.29 is 4.92 Å². The SMILES string of the molecule is CC(C)N(CCNCc1ccc(Cl)cc1[N+](=O)[O-])C(C)C. The van der Waals surface area contributed by atoms with Crippen LogP contribution in [-0.4, -0.2) is 35.0 Å². The van der Waals surface area contributed by atoms with E-state index in [4.69, 9.17) is 11.6 Å². The molecule has 0 fully saturated rings. The predicted molar refractivity (Wildman–Crippen MR) is 86.8 cm³/mol. The average molecular weight is 314 g/mol. The normalized spacial score (nSPS) is 11.6. The minimum absolute atomic E-state index is 0.0691. The van der Waals surface area contributed by atoms with Crippen molar-refractivity contribution in [2.24, 2.45) is 0 Å². The lowest BCUT2D eigenvalue weighted by atomic mass is 10.2. The molecule has 6 heteroatoms. The monoisotopic (exact) mass is 313 g/mol. The van der Waals surface area contributed by atoms with Crippen LogP contribution in [0.2, 0.25) is 5.02 Å². The van der Waals surface area contributed by atoms with Gasteiger partial charge in [0.2, 0.25) is 0 Å². The lowest BCUT2D eigenvalue weighted by Crippen LogP contribution is -2.41. The molecule has 0 radical (unpaired) electrons. The van der Waals surface area contributed by atoms with Crippen LogP contribution in [0.1, 0.15) is 33.3 Å². The molecule has 0 unspecified atom stereocenters. The number of benzene rings is 1. The Morgan fingerprint density at radius 2 is 1.90 bits per heavy atom. The van der Waals surface area contributed by atoms with Crippen LogP contribution in [0.5, 0.6) is 0 Å². The number of hydrogen-bond donors (Lipinski definition) is 1. The van der Waals surface area contributed by atoms with Crippen molar-refractivity contribution >= 4 is 17.3 Å². The number of nitrogens with one attached hydrogen (secondary N) is 1. The second kappa shape index (κ2) is 8.32. The highest BCUT2D eigenvalue weighted by Gasteiger charge is 2.15. The first-order chi connectivity index (χ1) is 9.82. The molecule has 0 heterocycles. The summed E-state index contributed by atoms with van der Waals surface area (Å²) in [6.45, 7) is 10.9. The number of nitrogens with zero attached hydrogens (tertiary/aromatic N) is 2. The van der Waals surface area contributed by atoms with Gasteiger partial charge in [0, 0.05) is 48.4 Å². The van der Waals surface area contributed by atoms with Gasteiger partial charge >= 0.3 is 0 Å². The fourth-order valence-electron chi connectivity index (χ4n) is 2.40. The fourth-order valence-corrected chi connectivity index (χ4v) is 2.57. The highest BCUT2D eigenvalue weighted by Crippen LogP contribution is 2.22. The van der Waals surface area contributed by atoms with Crippen molar-refractivity contribution in [3.63, 3.8) is 0 Å². The van der Waals surface area contributed by atoms with E-state index in [1.165, 1.54) is 6.07 Å². The van der Waals surface area contributed by atoms with Gasteiger partial charge in [-0.2, -0.15) is 0 Å².